The fourth-order valence-electron chi connectivity index (χ4n) is 2.61. The molecule has 0 atom stereocenters. The molecule has 1 aliphatic rings. The molecule has 2 aromatic rings. The predicted molar refractivity (Wildman–Crippen MR) is 96.6 cm³/mol. The van der Waals surface area contributed by atoms with Gasteiger partial charge in [0.1, 0.15) is 5.82 Å². The molecule has 1 heterocycles. The molecule has 1 saturated heterocycles. The maximum Gasteiger partial charge on any atom is 0.247 e. The van der Waals surface area contributed by atoms with Gasteiger partial charge in [-0.25, -0.2) is 4.39 Å². The summed E-state index contributed by atoms with van der Waals surface area (Å²) < 4.78 is 13.0. The normalized spacial score (nSPS) is 15.0. The quantitative estimate of drug-likeness (QED) is 0.624. The summed E-state index contributed by atoms with van der Waals surface area (Å²) in [6.45, 7) is 2.88. The summed E-state index contributed by atoms with van der Waals surface area (Å²) in [6, 6.07) is 16.5. The van der Waals surface area contributed by atoms with E-state index in [1.54, 1.807) is 18.2 Å². The van der Waals surface area contributed by atoms with Gasteiger partial charge >= 0.3 is 0 Å². The Morgan fingerprint density at radius 1 is 0.958 bits per heavy atom. The zero-order valence-corrected chi connectivity index (χ0v) is 14.1. The van der Waals surface area contributed by atoms with Crippen LogP contribution >= 0.6 is 11.8 Å². The van der Waals surface area contributed by atoms with E-state index in [0.29, 0.717) is 13.1 Å². The number of anilines is 1. The van der Waals surface area contributed by atoms with Crippen molar-refractivity contribution in [2.24, 2.45) is 0 Å². The number of amides is 1. The summed E-state index contributed by atoms with van der Waals surface area (Å²) in [5.41, 5.74) is 0.999. The summed E-state index contributed by atoms with van der Waals surface area (Å²) in [6.07, 6.45) is 1.63. The van der Waals surface area contributed by atoms with Crippen molar-refractivity contribution < 1.29 is 9.18 Å². The average molecular weight is 342 g/mol. The lowest BCUT2D eigenvalue weighted by molar-refractivity contribution is -0.126. The molecule has 124 valence electrons. The average Bonchev–Trinajstić information content (AvgIpc) is 2.63. The number of hydrogen-bond donors (Lipinski definition) is 0. The molecule has 3 rings (SSSR count). The highest BCUT2D eigenvalue weighted by molar-refractivity contribution is 8.02. The topological polar surface area (TPSA) is 23.6 Å². The van der Waals surface area contributed by atoms with Crippen LogP contribution in [0.25, 0.3) is 0 Å². The second kappa shape index (κ2) is 8.02. The zero-order valence-electron chi connectivity index (χ0n) is 13.3. The number of rotatable bonds is 4. The second-order valence-electron chi connectivity index (χ2n) is 5.52. The van der Waals surface area contributed by atoms with Crippen molar-refractivity contribution in [3.63, 3.8) is 0 Å². The molecule has 0 N–H and O–H groups in total. The van der Waals surface area contributed by atoms with E-state index in [-0.39, 0.29) is 11.7 Å². The van der Waals surface area contributed by atoms with Gasteiger partial charge in [0.15, 0.2) is 0 Å². The van der Waals surface area contributed by atoms with Crippen molar-refractivity contribution in [3.05, 3.63) is 71.9 Å². The molecular weight excluding hydrogens is 323 g/mol. The van der Waals surface area contributed by atoms with E-state index >= 15 is 0 Å². The number of hydrogen-bond acceptors (Lipinski definition) is 3. The van der Waals surface area contributed by atoms with Gasteiger partial charge in [-0.05, 0) is 41.8 Å². The lowest BCUT2D eigenvalue weighted by atomic mass is 10.2. The molecule has 0 spiro atoms. The molecule has 3 nitrogen and oxygen atoms in total. The van der Waals surface area contributed by atoms with Gasteiger partial charge in [-0.3, -0.25) is 4.79 Å². The van der Waals surface area contributed by atoms with Crippen molar-refractivity contribution in [1.82, 2.24) is 4.90 Å². The molecule has 0 bridgehead atoms. The number of benzene rings is 2. The van der Waals surface area contributed by atoms with Gasteiger partial charge in [-0.1, -0.05) is 30.0 Å². The Kier molecular flexibility index (Phi) is 5.54. The molecule has 1 aliphatic heterocycles. The van der Waals surface area contributed by atoms with Crippen LogP contribution in [0.3, 0.4) is 0 Å². The standard InChI is InChI=1S/C19H19FN2OS/c20-16-6-8-17(9-7-16)21-11-13-22(14-12-21)19(23)10-15-24-18-4-2-1-3-5-18/h1-10,15H,11-14H2/b15-10+. The van der Waals surface area contributed by atoms with Crippen molar-refractivity contribution >= 4 is 23.4 Å². The van der Waals surface area contributed by atoms with Gasteiger partial charge in [-0.2, -0.15) is 0 Å². The molecule has 0 saturated carbocycles. The molecular formula is C19H19FN2OS. The highest BCUT2D eigenvalue weighted by Gasteiger charge is 2.19. The second-order valence-corrected chi connectivity index (χ2v) is 6.50. The van der Waals surface area contributed by atoms with Crippen LogP contribution in [0.4, 0.5) is 10.1 Å². The van der Waals surface area contributed by atoms with Gasteiger partial charge in [0.25, 0.3) is 0 Å². The third-order valence-electron chi connectivity index (χ3n) is 3.94. The molecule has 0 radical (unpaired) electrons. The van der Waals surface area contributed by atoms with Crippen LogP contribution in [0.15, 0.2) is 71.0 Å². The lowest BCUT2D eigenvalue weighted by Gasteiger charge is -2.35. The molecule has 0 aromatic heterocycles. The number of halogens is 1. The third kappa shape index (κ3) is 4.38. The largest absolute Gasteiger partial charge is 0.368 e. The van der Waals surface area contributed by atoms with Gasteiger partial charge in [0.05, 0.1) is 0 Å². The Labute approximate surface area is 145 Å². The van der Waals surface area contributed by atoms with Crippen LogP contribution in [0.5, 0.6) is 0 Å². The fourth-order valence-corrected chi connectivity index (χ4v) is 3.27. The Balaban J connectivity index is 1.49. The predicted octanol–water partition coefficient (Wildman–Crippen LogP) is 3.78. The minimum atomic E-state index is -0.228. The van der Waals surface area contributed by atoms with Gasteiger partial charge in [0, 0.05) is 42.8 Å². The first-order chi connectivity index (χ1) is 11.7. The summed E-state index contributed by atoms with van der Waals surface area (Å²) in [5, 5.41) is 1.84. The molecule has 24 heavy (non-hydrogen) atoms. The highest BCUT2D eigenvalue weighted by Crippen LogP contribution is 2.19. The van der Waals surface area contributed by atoms with Crippen molar-refractivity contribution in [2.75, 3.05) is 31.1 Å². The first-order valence-corrected chi connectivity index (χ1v) is 8.78. The summed E-state index contributed by atoms with van der Waals surface area (Å²) >= 11 is 1.54. The van der Waals surface area contributed by atoms with E-state index in [4.69, 9.17) is 0 Å². The minimum absolute atomic E-state index is 0.0391. The molecule has 1 fully saturated rings. The van der Waals surface area contributed by atoms with Crippen molar-refractivity contribution in [3.8, 4) is 0 Å². The number of piperazine rings is 1. The van der Waals surface area contributed by atoms with Gasteiger partial charge in [-0.15, -0.1) is 0 Å². The van der Waals surface area contributed by atoms with E-state index in [2.05, 4.69) is 4.90 Å². The smallest absolute Gasteiger partial charge is 0.247 e. The van der Waals surface area contributed by atoms with Crippen LogP contribution in [0, 0.1) is 5.82 Å². The molecule has 0 aliphatic carbocycles. The Morgan fingerprint density at radius 3 is 2.29 bits per heavy atom. The van der Waals surface area contributed by atoms with Crippen molar-refractivity contribution in [2.45, 2.75) is 4.90 Å². The molecule has 1 amide bonds. The first kappa shape index (κ1) is 16.6. The Morgan fingerprint density at radius 2 is 1.62 bits per heavy atom. The SMILES string of the molecule is O=C(/C=C/Sc1ccccc1)N1CCN(c2ccc(F)cc2)CC1. The third-order valence-corrected chi connectivity index (χ3v) is 4.76. The number of carbonyl (C=O) groups excluding carboxylic acids is 1. The van der Waals surface area contributed by atoms with Crippen molar-refractivity contribution in [1.29, 1.82) is 0 Å². The van der Waals surface area contributed by atoms with E-state index in [9.17, 15) is 9.18 Å². The molecule has 0 unspecified atom stereocenters. The minimum Gasteiger partial charge on any atom is -0.368 e. The van der Waals surface area contributed by atoms with E-state index in [0.717, 1.165) is 23.7 Å². The van der Waals surface area contributed by atoms with Crippen LogP contribution in [0.2, 0.25) is 0 Å². The van der Waals surface area contributed by atoms with E-state index in [1.165, 1.54) is 23.9 Å². The zero-order chi connectivity index (χ0) is 16.8. The monoisotopic (exact) mass is 342 g/mol. The van der Waals surface area contributed by atoms with E-state index in [1.807, 2.05) is 40.6 Å². The van der Waals surface area contributed by atoms with Crippen LogP contribution in [-0.2, 0) is 4.79 Å². The van der Waals surface area contributed by atoms with E-state index < -0.39 is 0 Å². The van der Waals surface area contributed by atoms with Gasteiger partial charge in [0.2, 0.25) is 5.91 Å². The maximum atomic E-state index is 13.0. The summed E-state index contributed by atoms with van der Waals surface area (Å²) in [7, 11) is 0. The van der Waals surface area contributed by atoms with Gasteiger partial charge < -0.3 is 9.80 Å². The lowest BCUT2D eigenvalue weighted by Crippen LogP contribution is -2.48. The Bertz CT molecular complexity index is 695. The Hall–Kier alpha value is -2.27. The molecule has 5 heteroatoms. The van der Waals surface area contributed by atoms with Crippen LogP contribution in [0.1, 0.15) is 0 Å². The number of nitrogens with zero attached hydrogens (tertiary/aromatic N) is 2. The van der Waals surface area contributed by atoms with Crippen LogP contribution < -0.4 is 4.90 Å². The maximum absolute atomic E-state index is 13.0. The molecule has 2 aromatic carbocycles. The summed E-state index contributed by atoms with van der Waals surface area (Å²) in [5.74, 6) is -0.189. The van der Waals surface area contributed by atoms with Crippen LogP contribution in [-0.4, -0.2) is 37.0 Å². The number of carbonyl (C=O) groups is 1. The first-order valence-electron chi connectivity index (χ1n) is 7.90. The fraction of sp³-hybridized carbons (Fsp3) is 0.211. The highest BCUT2D eigenvalue weighted by atomic mass is 32.2. The summed E-state index contributed by atoms with van der Waals surface area (Å²) in [4.78, 5) is 17.4. The number of thioether (sulfide) groups is 1.